The number of aromatic nitrogens is 2. The normalized spacial score (nSPS) is 17.1. The van der Waals surface area contributed by atoms with Crippen LogP contribution in [-0.2, 0) is 0 Å². The molecule has 1 N–H and O–H groups in total. The minimum Gasteiger partial charge on any atom is -0.343 e. The van der Waals surface area contributed by atoms with Crippen LogP contribution in [0.5, 0.6) is 0 Å². The molecule has 72 valence electrons. The second-order valence-corrected chi connectivity index (χ2v) is 3.96. The van der Waals surface area contributed by atoms with Crippen LogP contribution in [0.1, 0.15) is 30.9 Å². The van der Waals surface area contributed by atoms with E-state index in [1.807, 2.05) is 12.3 Å². The van der Waals surface area contributed by atoms with Crippen molar-refractivity contribution in [2.24, 2.45) is 0 Å². The van der Waals surface area contributed by atoms with Crippen molar-refractivity contribution in [2.75, 3.05) is 0 Å². The topological polar surface area (TPSA) is 37.3 Å². The molecule has 0 saturated heterocycles. The molecule has 0 radical (unpaired) electrons. The van der Waals surface area contributed by atoms with Crippen molar-refractivity contribution >= 4 is 5.65 Å². The number of nitrogens with zero attached hydrogens (tertiary/aromatic N) is 1. The second kappa shape index (κ2) is 2.74. The van der Waals surface area contributed by atoms with Crippen molar-refractivity contribution in [3.8, 4) is 0 Å². The maximum absolute atomic E-state index is 11.5. The molecule has 0 spiro atoms. The Kier molecular flexibility index (Phi) is 1.54. The quantitative estimate of drug-likeness (QED) is 0.729. The summed E-state index contributed by atoms with van der Waals surface area (Å²) < 4.78 is 1.69. The Morgan fingerprint density at radius 1 is 1.36 bits per heavy atom. The smallest absolute Gasteiger partial charge is 0.256 e. The Morgan fingerprint density at radius 2 is 2.21 bits per heavy atom. The van der Waals surface area contributed by atoms with Gasteiger partial charge in [-0.15, -0.1) is 0 Å². The lowest BCUT2D eigenvalue weighted by Gasteiger charge is -2.23. The van der Waals surface area contributed by atoms with Crippen LogP contribution < -0.4 is 5.56 Å². The number of pyridine rings is 1. The van der Waals surface area contributed by atoms with E-state index in [0.717, 1.165) is 5.65 Å². The number of fused-ring (bicyclic) bond motifs is 1. The van der Waals surface area contributed by atoms with Crippen molar-refractivity contribution in [3.05, 3.63) is 40.4 Å². The van der Waals surface area contributed by atoms with E-state index >= 15 is 0 Å². The minimum atomic E-state index is 0.0457. The summed E-state index contributed by atoms with van der Waals surface area (Å²) >= 11 is 0. The molecule has 1 saturated carbocycles. The van der Waals surface area contributed by atoms with Gasteiger partial charge < -0.3 is 4.98 Å². The largest absolute Gasteiger partial charge is 0.343 e. The fraction of sp³-hybridized carbons (Fsp3) is 0.364. The minimum absolute atomic E-state index is 0.0457. The third-order valence-corrected chi connectivity index (χ3v) is 3.08. The van der Waals surface area contributed by atoms with Crippen LogP contribution in [0.3, 0.4) is 0 Å². The molecule has 0 amide bonds. The summed E-state index contributed by atoms with van der Waals surface area (Å²) in [6, 6.07) is 5.31. The summed E-state index contributed by atoms with van der Waals surface area (Å²) in [5.41, 5.74) is 2.16. The monoisotopic (exact) mass is 188 g/mol. The lowest BCUT2D eigenvalue weighted by atomic mass is 9.83. The molecule has 3 nitrogen and oxygen atoms in total. The molecule has 2 aromatic heterocycles. The van der Waals surface area contributed by atoms with E-state index < -0.39 is 0 Å². The first-order valence-corrected chi connectivity index (χ1v) is 5.05. The summed E-state index contributed by atoms with van der Waals surface area (Å²) in [6.45, 7) is 0. The average molecular weight is 188 g/mol. The van der Waals surface area contributed by atoms with Crippen LogP contribution >= 0.6 is 0 Å². The van der Waals surface area contributed by atoms with Gasteiger partial charge in [-0.05, 0) is 18.9 Å². The number of aromatic amines is 1. The van der Waals surface area contributed by atoms with E-state index in [4.69, 9.17) is 0 Å². The zero-order chi connectivity index (χ0) is 9.54. The van der Waals surface area contributed by atoms with E-state index in [2.05, 4.69) is 4.98 Å². The first-order valence-electron chi connectivity index (χ1n) is 5.05. The van der Waals surface area contributed by atoms with Gasteiger partial charge in [0, 0.05) is 23.9 Å². The van der Waals surface area contributed by atoms with E-state index in [1.165, 1.54) is 25.0 Å². The predicted octanol–water partition coefficient (Wildman–Crippen LogP) is 1.90. The lowest BCUT2D eigenvalue weighted by molar-refractivity contribution is 0.412. The molecule has 3 heteroatoms. The number of hydrogen-bond donors (Lipinski definition) is 1. The molecular weight excluding hydrogens is 176 g/mol. The van der Waals surface area contributed by atoms with E-state index in [1.54, 1.807) is 16.5 Å². The predicted molar refractivity (Wildman–Crippen MR) is 54.6 cm³/mol. The molecule has 0 aliphatic heterocycles. The fourth-order valence-corrected chi connectivity index (χ4v) is 1.98. The molecular formula is C11H12N2O. The Morgan fingerprint density at radius 3 is 2.86 bits per heavy atom. The molecule has 0 unspecified atom stereocenters. The highest BCUT2D eigenvalue weighted by Gasteiger charge is 2.21. The molecule has 3 rings (SSSR count). The molecule has 0 atom stereocenters. The van der Waals surface area contributed by atoms with Gasteiger partial charge in [0.2, 0.25) is 0 Å². The van der Waals surface area contributed by atoms with Crippen LogP contribution in [0.15, 0.2) is 29.2 Å². The summed E-state index contributed by atoms with van der Waals surface area (Å²) in [5, 5.41) is 0. The highest BCUT2D eigenvalue weighted by Crippen LogP contribution is 2.35. The van der Waals surface area contributed by atoms with Crippen molar-refractivity contribution < 1.29 is 0 Å². The van der Waals surface area contributed by atoms with Gasteiger partial charge >= 0.3 is 0 Å². The third kappa shape index (κ3) is 1.02. The van der Waals surface area contributed by atoms with E-state index in [0.29, 0.717) is 5.92 Å². The zero-order valence-electron chi connectivity index (χ0n) is 7.86. The van der Waals surface area contributed by atoms with Gasteiger partial charge in [0.25, 0.3) is 5.56 Å². The van der Waals surface area contributed by atoms with Crippen LogP contribution in [0.4, 0.5) is 0 Å². The van der Waals surface area contributed by atoms with Crippen molar-refractivity contribution in [1.82, 2.24) is 9.38 Å². The Labute approximate surface area is 81.4 Å². The number of nitrogens with one attached hydrogen (secondary N) is 1. The summed E-state index contributed by atoms with van der Waals surface area (Å²) in [5.74, 6) is 0.648. The highest BCUT2D eigenvalue weighted by atomic mass is 16.1. The van der Waals surface area contributed by atoms with E-state index in [-0.39, 0.29) is 5.56 Å². The van der Waals surface area contributed by atoms with Crippen molar-refractivity contribution in [1.29, 1.82) is 0 Å². The molecule has 2 aromatic rings. The van der Waals surface area contributed by atoms with Gasteiger partial charge in [-0.2, -0.15) is 0 Å². The van der Waals surface area contributed by atoms with Gasteiger partial charge in [0.1, 0.15) is 5.65 Å². The maximum Gasteiger partial charge on any atom is 0.256 e. The number of imidazole rings is 1. The van der Waals surface area contributed by atoms with Gasteiger partial charge in [-0.3, -0.25) is 9.20 Å². The first kappa shape index (κ1) is 7.85. The van der Waals surface area contributed by atoms with Crippen LogP contribution in [-0.4, -0.2) is 9.38 Å². The molecule has 14 heavy (non-hydrogen) atoms. The van der Waals surface area contributed by atoms with Crippen molar-refractivity contribution in [3.63, 3.8) is 0 Å². The number of hydrogen-bond acceptors (Lipinski definition) is 1. The van der Waals surface area contributed by atoms with Crippen LogP contribution in [0, 0.1) is 0 Å². The highest BCUT2D eigenvalue weighted by molar-refractivity contribution is 5.40. The Balaban J connectivity index is 2.19. The summed E-state index contributed by atoms with van der Waals surface area (Å²) in [7, 11) is 0. The zero-order valence-corrected chi connectivity index (χ0v) is 7.86. The number of H-pyrrole nitrogens is 1. The van der Waals surface area contributed by atoms with Gasteiger partial charge in [0.05, 0.1) is 0 Å². The summed E-state index contributed by atoms with van der Waals surface area (Å²) in [6.07, 6.45) is 5.76. The molecule has 1 aliphatic rings. The van der Waals surface area contributed by atoms with Gasteiger partial charge in [-0.1, -0.05) is 12.5 Å². The van der Waals surface area contributed by atoms with Gasteiger partial charge in [-0.25, -0.2) is 0 Å². The SMILES string of the molecule is O=c1cccc2[nH]c(C3CCC3)cn12. The average Bonchev–Trinajstić information content (AvgIpc) is 2.46. The fourth-order valence-electron chi connectivity index (χ4n) is 1.98. The Bertz CT molecular complexity index is 519. The van der Waals surface area contributed by atoms with Crippen molar-refractivity contribution in [2.45, 2.75) is 25.2 Å². The van der Waals surface area contributed by atoms with Gasteiger partial charge in [0.15, 0.2) is 0 Å². The standard InChI is InChI=1S/C11H12N2O/c14-11-6-2-5-10-12-9(7-13(10)11)8-3-1-4-8/h2,5-8,12H,1,3-4H2. The molecule has 0 aromatic carbocycles. The number of rotatable bonds is 1. The molecule has 1 fully saturated rings. The molecule has 0 bridgehead atoms. The molecule has 1 aliphatic carbocycles. The summed E-state index contributed by atoms with van der Waals surface area (Å²) in [4.78, 5) is 14.8. The molecule has 2 heterocycles. The lowest BCUT2D eigenvalue weighted by Crippen LogP contribution is -2.10. The van der Waals surface area contributed by atoms with Crippen LogP contribution in [0.25, 0.3) is 5.65 Å². The first-order chi connectivity index (χ1) is 6.84. The second-order valence-electron chi connectivity index (χ2n) is 3.96. The van der Waals surface area contributed by atoms with Crippen LogP contribution in [0.2, 0.25) is 0 Å². The maximum atomic E-state index is 11.5. The van der Waals surface area contributed by atoms with E-state index in [9.17, 15) is 4.79 Å². The third-order valence-electron chi connectivity index (χ3n) is 3.08. The Hall–Kier alpha value is -1.51.